The second-order valence-electron chi connectivity index (χ2n) is 5.46. The highest BCUT2D eigenvalue weighted by Gasteiger charge is 2.24. The Morgan fingerprint density at radius 1 is 1.21 bits per heavy atom. The summed E-state index contributed by atoms with van der Waals surface area (Å²) in [5.41, 5.74) is 0.866. The van der Waals surface area contributed by atoms with Gasteiger partial charge in [-0.25, -0.2) is 0 Å². The zero-order valence-corrected chi connectivity index (χ0v) is 19.2. The fraction of sp³-hybridized carbons (Fsp3) is 0.409. The van der Waals surface area contributed by atoms with Gasteiger partial charge in [0, 0.05) is 18.0 Å². The molecule has 1 atom stereocenters. The van der Waals surface area contributed by atoms with E-state index in [4.69, 9.17) is 21.1 Å². The van der Waals surface area contributed by atoms with Crippen LogP contribution in [0.2, 0.25) is 5.02 Å². The van der Waals surface area contributed by atoms with Crippen molar-refractivity contribution in [2.24, 2.45) is 5.92 Å². The summed E-state index contributed by atoms with van der Waals surface area (Å²) in [6, 6.07) is 6.95. The highest BCUT2D eigenvalue weighted by atomic mass is 35.5. The molecular formula is C22H33Cl2NO3. The minimum Gasteiger partial charge on any atom is -0.504 e. The molecule has 0 saturated heterocycles. The number of halogens is 2. The summed E-state index contributed by atoms with van der Waals surface area (Å²) in [4.78, 5) is 12.4. The van der Waals surface area contributed by atoms with Crippen LogP contribution in [0.5, 0.6) is 5.75 Å². The Labute approximate surface area is 180 Å². The summed E-state index contributed by atoms with van der Waals surface area (Å²) in [5, 5.41) is 3.49. The number of amides is 1. The molecule has 0 spiro atoms. The number of alkyl halides is 1. The number of nitrogens with one attached hydrogen (secondary N) is 1. The Hall–Kier alpha value is -1.91. The van der Waals surface area contributed by atoms with Crippen LogP contribution in [0.1, 0.15) is 27.7 Å². The van der Waals surface area contributed by atoms with Crippen molar-refractivity contribution < 1.29 is 14.3 Å². The average Bonchev–Trinajstić information content (AvgIpc) is 2.72. The Morgan fingerprint density at radius 3 is 2.25 bits per heavy atom. The van der Waals surface area contributed by atoms with E-state index in [0.29, 0.717) is 17.3 Å². The molecule has 28 heavy (non-hydrogen) atoms. The van der Waals surface area contributed by atoms with Gasteiger partial charge in [-0.3, -0.25) is 4.79 Å². The standard InChI is InChI=1S/C19H24ClNO3.C2H6.CH3Cl/c1-5-15(7-6-12-23-4)13-21-19(22)18(14(2)3)24-17-10-8-16(20)9-11-17;2*1-2/h5-12,14,18H,1,13H2,2-4H3,(H,21,22);1-2H3;1H3/b12-6+,15-7+;;. The summed E-state index contributed by atoms with van der Waals surface area (Å²) in [5.74, 6) is 0.449. The maximum absolute atomic E-state index is 12.4. The Kier molecular flexibility index (Phi) is 18.7. The van der Waals surface area contributed by atoms with Crippen molar-refractivity contribution in [3.05, 3.63) is 65.9 Å². The molecule has 0 aliphatic rings. The van der Waals surface area contributed by atoms with Crippen molar-refractivity contribution in [3.63, 3.8) is 0 Å². The molecule has 0 aliphatic heterocycles. The maximum atomic E-state index is 12.4. The summed E-state index contributed by atoms with van der Waals surface area (Å²) < 4.78 is 10.6. The molecule has 1 aromatic carbocycles. The minimum absolute atomic E-state index is 0.0187. The third-order valence-electron chi connectivity index (χ3n) is 3.19. The van der Waals surface area contributed by atoms with Crippen molar-refractivity contribution in [1.29, 1.82) is 0 Å². The van der Waals surface area contributed by atoms with Crippen molar-refractivity contribution in [3.8, 4) is 5.75 Å². The quantitative estimate of drug-likeness (QED) is 0.296. The predicted molar refractivity (Wildman–Crippen MR) is 121 cm³/mol. The fourth-order valence-electron chi connectivity index (χ4n) is 1.88. The predicted octanol–water partition coefficient (Wildman–Crippen LogP) is 6.01. The number of ether oxygens (including phenoxy) is 2. The first kappa shape index (κ1) is 28.3. The number of benzene rings is 1. The molecule has 6 heteroatoms. The second-order valence-corrected chi connectivity index (χ2v) is 5.90. The summed E-state index contributed by atoms with van der Waals surface area (Å²) in [6.07, 6.45) is 7.68. The molecule has 1 unspecified atom stereocenters. The van der Waals surface area contributed by atoms with Gasteiger partial charge in [0.25, 0.3) is 5.91 Å². The van der Waals surface area contributed by atoms with E-state index in [2.05, 4.69) is 23.5 Å². The third kappa shape index (κ3) is 12.5. The number of hydrogen-bond donors (Lipinski definition) is 1. The van der Waals surface area contributed by atoms with E-state index in [1.807, 2.05) is 33.8 Å². The first-order valence-corrected chi connectivity index (χ1v) is 10.2. The molecule has 1 N–H and O–H groups in total. The number of carbonyl (C=O) groups excluding carboxylic acids is 1. The van der Waals surface area contributed by atoms with E-state index in [9.17, 15) is 4.79 Å². The summed E-state index contributed by atoms with van der Waals surface area (Å²) in [6.45, 7) is 12.0. The molecule has 0 radical (unpaired) electrons. The Morgan fingerprint density at radius 2 is 1.79 bits per heavy atom. The van der Waals surface area contributed by atoms with Gasteiger partial charge in [0.2, 0.25) is 0 Å². The van der Waals surface area contributed by atoms with Crippen LogP contribution < -0.4 is 10.1 Å². The van der Waals surface area contributed by atoms with E-state index in [0.717, 1.165) is 5.57 Å². The van der Waals surface area contributed by atoms with Crippen molar-refractivity contribution in [1.82, 2.24) is 5.32 Å². The van der Waals surface area contributed by atoms with Crippen LogP contribution in [0.25, 0.3) is 0 Å². The lowest BCUT2D eigenvalue weighted by atomic mass is 10.1. The maximum Gasteiger partial charge on any atom is 0.261 e. The Bertz CT molecular complexity index is 596. The van der Waals surface area contributed by atoms with Gasteiger partial charge >= 0.3 is 0 Å². The lowest BCUT2D eigenvalue weighted by Crippen LogP contribution is -2.42. The van der Waals surface area contributed by atoms with E-state index in [1.54, 1.807) is 49.8 Å². The molecule has 1 amide bonds. The number of allylic oxidation sites excluding steroid dienone is 2. The van der Waals surface area contributed by atoms with Crippen molar-refractivity contribution >= 4 is 29.1 Å². The van der Waals surface area contributed by atoms with Crippen LogP contribution >= 0.6 is 23.2 Å². The number of carbonyl (C=O) groups is 1. The lowest BCUT2D eigenvalue weighted by Gasteiger charge is -2.22. The molecule has 0 aromatic heterocycles. The molecule has 0 heterocycles. The highest BCUT2D eigenvalue weighted by Crippen LogP contribution is 2.19. The summed E-state index contributed by atoms with van der Waals surface area (Å²) >= 11 is 10.5. The zero-order chi connectivity index (χ0) is 21.9. The van der Waals surface area contributed by atoms with Gasteiger partial charge in [0.1, 0.15) is 5.75 Å². The number of methoxy groups -OCH3 is 1. The summed E-state index contributed by atoms with van der Waals surface area (Å²) in [7, 11) is 1.57. The lowest BCUT2D eigenvalue weighted by molar-refractivity contribution is -0.129. The molecule has 158 valence electrons. The fourth-order valence-corrected chi connectivity index (χ4v) is 2.01. The molecular weight excluding hydrogens is 397 g/mol. The smallest absolute Gasteiger partial charge is 0.261 e. The SMILES string of the molecule is C=C/C(=C\C=C\OC)CNC(=O)C(Oc1ccc(Cl)cc1)C(C)C.CC.CCl. The van der Waals surface area contributed by atoms with E-state index >= 15 is 0 Å². The van der Waals surface area contributed by atoms with Gasteiger partial charge < -0.3 is 14.8 Å². The third-order valence-corrected chi connectivity index (χ3v) is 3.45. The highest BCUT2D eigenvalue weighted by molar-refractivity contribution is 6.30. The topological polar surface area (TPSA) is 47.6 Å². The first-order chi connectivity index (χ1) is 13.5. The molecule has 1 rings (SSSR count). The molecule has 0 fully saturated rings. The van der Waals surface area contributed by atoms with E-state index in [1.165, 1.54) is 6.38 Å². The van der Waals surface area contributed by atoms with Crippen LogP contribution in [0.15, 0.2) is 60.9 Å². The van der Waals surface area contributed by atoms with Crippen LogP contribution in [-0.2, 0) is 9.53 Å². The van der Waals surface area contributed by atoms with Crippen LogP contribution in [0.4, 0.5) is 0 Å². The largest absolute Gasteiger partial charge is 0.504 e. The molecule has 4 nitrogen and oxygen atoms in total. The number of hydrogen-bond acceptors (Lipinski definition) is 3. The zero-order valence-electron chi connectivity index (χ0n) is 17.7. The Balaban J connectivity index is 0. The van der Waals surface area contributed by atoms with Gasteiger partial charge in [-0.05, 0) is 41.8 Å². The second kappa shape index (κ2) is 18.5. The van der Waals surface area contributed by atoms with E-state index in [-0.39, 0.29) is 11.8 Å². The molecule has 0 saturated carbocycles. The van der Waals surface area contributed by atoms with Crippen LogP contribution in [0, 0.1) is 5.92 Å². The van der Waals surface area contributed by atoms with Gasteiger partial charge in [-0.1, -0.05) is 58.0 Å². The van der Waals surface area contributed by atoms with Gasteiger partial charge in [0.15, 0.2) is 6.10 Å². The van der Waals surface area contributed by atoms with Crippen molar-refractivity contribution in [2.45, 2.75) is 33.8 Å². The van der Waals surface area contributed by atoms with Crippen molar-refractivity contribution in [2.75, 3.05) is 20.0 Å². The molecule has 0 aliphatic carbocycles. The van der Waals surface area contributed by atoms with Crippen LogP contribution in [0.3, 0.4) is 0 Å². The van der Waals surface area contributed by atoms with E-state index < -0.39 is 6.10 Å². The molecule has 1 aromatic rings. The normalized spacial score (nSPS) is 11.5. The molecule has 0 bridgehead atoms. The van der Waals surface area contributed by atoms with Gasteiger partial charge in [-0.15, -0.1) is 11.6 Å². The number of rotatable bonds is 9. The average molecular weight is 430 g/mol. The minimum atomic E-state index is -0.591. The van der Waals surface area contributed by atoms with Gasteiger partial charge in [-0.2, -0.15) is 0 Å². The monoisotopic (exact) mass is 429 g/mol. The van der Waals surface area contributed by atoms with Crippen LogP contribution in [-0.4, -0.2) is 32.0 Å². The van der Waals surface area contributed by atoms with Gasteiger partial charge in [0.05, 0.1) is 13.4 Å². The first-order valence-electron chi connectivity index (χ1n) is 9.06.